The third kappa shape index (κ3) is 2.61. The summed E-state index contributed by atoms with van der Waals surface area (Å²) in [6.07, 6.45) is -5.84. The van der Waals surface area contributed by atoms with E-state index in [1.54, 1.807) is 0 Å². The Morgan fingerprint density at radius 1 is 0.964 bits per heavy atom. The number of alkyl halides is 3. The fourth-order valence-corrected chi connectivity index (χ4v) is 5.87. The third-order valence-corrected chi connectivity index (χ3v) is 7.27. The van der Waals surface area contributed by atoms with Gasteiger partial charge < -0.3 is 0 Å². The molecule has 3 aromatic carbocycles. The molecule has 0 aliphatic heterocycles. The van der Waals surface area contributed by atoms with Crippen molar-refractivity contribution >= 4 is 50.9 Å². The average molecular weight is 501 g/mol. The molecular formula is C21H10F4N2Te. The summed E-state index contributed by atoms with van der Waals surface area (Å²) in [4.78, 5) is 7.50. The molecule has 0 bridgehead atoms. The molecule has 0 unspecified atom stereocenters. The summed E-state index contributed by atoms with van der Waals surface area (Å²) in [5.41, 5.74) is -2.50. The summed E-state index contributed by atoms with van der Waals surface area (Å²) in [6, 6.07) is 0.397. The second kappa shape index (κ2) is 6.26. The number of rotatable bonds is 1. The number of halogens is 4. The third-order valence-electron chi connectivity index (χ3n) is 4.25. The Morgan fingerprint density at radius 3 is 2.50 bits per heavy atom. The molecule has 0 atom stereocenters. The van der Waals surface area contributed by atoms with Gasteiger partial charge in [-0.05, 0) is 0 Å². The predicted octanol–water partition coefficient (Wildman–Crippen LogP) is 5.82. The van der Waals surface area contributed by atoms with Crippen LogP contribution in [0.1, 0.15) is 15.2 Å². The molecule has 2 aromatic heterocycles. The van der Waals surface area contributed by atoms with Crippen LogP contribution in [0.4, 0.5) is 17.6 Å². The summed E-state index contributed by atoms with van der Waals surface area (Å²) < 4.78 is 114. The van der Waals surface area contributed by atoms with E-state index in [-0.39, 0.29) is 26.7 Å². The van der Waals surface area contributed by atoms with Crippen molar-refractivity contribution in [1.82, 2.24) is 9.97 Å². The van der Waals surface area contributed by atoms with Crippen LogP contribution in [0.25, 0.3) is 39.7 Å². The Bertz CT molecular complexity index is 1690. The van der Waals surface area contributed by atoms with E-state index in [1.165, 1.54) is 6.07 Å². The van der Waals surface area contributed by atoms with Crippen LogP contribution >= 0.6 is 0 Å². The Morgan fingerprint density at radius 2 is 1.71 bits per heavy atom. The molecule has 0 aliphatic carbocycles. The van der Waals surface area contributed by atoms with Gasteiger partial charge in [0, 0.05) is 0 Å². The van der Waals surface area contributed by atoms with Crippen LogP contribution in [0.2, 0.25) is 0 Å². The molecule has 7 heteroatoms. The maximum absolute atomic E-state index is 15.8. The molecule has 0 aliphatic rings. The molecule has 5 aromatic rings. The van der Waals surface area contributed by atoms with Gasteiger partial charge in [-0.1, -0.05) is 0 Å². The van der Waals surface area contributed by atoms with Gasteiger partial charge in [0.25, 0.3) is 0 Å². The van der Waals surface area contributed by atoms with E-state index in [4.69, 9.17) is 9.60 Å². The first kappa shape index (κ1) is 11.5. The fraction of sp³-hybridized carbons (Fsp3) is 0.0476. The van der Waals surface area contributed by atoms with Crippen molar-refractivity contribution in [2.45, 2.75) is 6.18 Å². The number of hydrogen-bond donors (Lipinski definition) is 0. The molecule has 0 saturated heterocycles. The zero-order valence-corrected chi connectivity index (χ0v) is 15.9. The zero-order chi connectivity index (χ0) is 25.6. The van der Waals surface area contributed by atoms with E-state index in [0.717, 1.165) is 12.1 Å². The van der Waals surface area contributed by atoms with E-state index in [2.05, 4.69) is 9.97 Å². The first-order valence-corrected chi connectivity index (χ1v) is 10.1. The van der Waals surface area contributed by atoms with Crippen molar-refractivity contribution < 1.29 is 27.2 Å². The van der Waals surface area contributed by atoms with Crippen LogP contribution in [0, 0.1) is 5.82 Å². The van der Waals surface area contributed by atoms with Gasteiger partial charge in [0.15, 0.2) is 0 Å². The molecule has 28 heavy (non-hydrogen) atoms. The number of nitrogens with zero attached hydrogens (tertiary/aromatic N) is 2. The minimum atomic E-state index is -5.04. The van der Waals surface area contributed by atoms with Crippen LogP contribution in [-0.4, -0.2) is 30.4 Å². The Labute approximate surface area is 175 Å². The zero-order valence-electron chi connectivity index (χ0n) is 20.5. The van der Waals surface area contributed by atoms with Crippen molar-refractivity contribution in [3.05, 3.63) is 72.1 Å². The van der Waals surface area contributed by atoms with Gasteiger partial charge in [0.1, 0.15) is 0 Å². The summed E-state index contributed by atoms with van der Waals surface area (Å²) in [5, 5.41) is -1.66. The molecule has 0 radical (unpaired) electrons. The van der Waals surface area contributed by atoms with Gasteiger partial charge in [0.05, 0.1) is 0 Å². The van der Waals surface area contributed by atoms with Crippen molar-refractivity contribution in [3.8, 4) is 9.27 Å². The Balaban J connectivity index is 2.00. The second-order valence-electron chi connectivity index (χ2n) is 5.84. The van der Waals surface area contributed by atoms with Crippen LogP contribution < -0.4 is 0 Å². The van der Waals surface area contributed by atoms with Gasteiger partial charge in [0.2, 0.25) is 0 Å². The molecule has 0 spiro atoms. The SMILES string of the molecule is [2H]c1nc(-c2cc3c([2H])c([2H])c([2H])c([2H])c3[te]2)c2c(F)c3cc([2H])c([2H])cc3c(C(F)(F)F)c2n1. The van der Waals surface area contributed by atoms with E-state index in [1.807, 2.05) is 0 Å². The normalized spacial score (nSPS) is 15.8. The van der Waals surface area contributed by atoms with Crippen LogP contribution in [0.15, 0.2) is 60.8 Å². The molecule has 138 valence electrons. The molecule has 0 N–H and O–H groups in total. The first-order chi connectivity index (χ1) is 16.3. The predicted molar refractivity (Wildman–Crippen MR) is 102 cm³/mol. The molecule has 2 nitrogen and oxygen atoms in total. The first-order valence-electron chi connectivity index (χ1n) is 11.3. The van der Waals surface area contributed by atoms with Gasteiger partial charge in [-0.25, -0.2) is 0 Å². The van der Waals surface area contributed by atoms with Crippen LogP contribution in [0.3, 0.4) is 0 Å². The summed E-state index contributed by atoms with van der Waals surface area (Å²) in [5.74, 6) is -1.14. The van der Waals surface area contributed by atoms with E-state index in [9.17, 15) is 13.2 Å². The Hall–Kier alpha value is -2.49. The molecule has 0 amide bonds. The quantitative estimate of drug-likeness (QED) is 0.165. The molecule has 5 rings (SSSR count). The topological polar surface area (TPSA) is 25.8 Å². The number of aromatic nitrogens is 2. The van der Waals surface area contributed by atoms with E-state index < -0.39 is 90.1 Å². The number of benzene rings is 3. The fourth-order valence-electron chi connectivity index (χ4n) is 3.12. The molecule has 0 fully saturated rings. The number of hydrogen-bond acceptors (Lipinski definition) is 2. The molecule has 0 saturated carbocycles. The standard InChI is InChI=1S/C21H10F4N2Te/c22-18-13-7-3-2-6-12(13)17(21(23,24)25)20-16(18)19(26-10-27-20)15-9-11-5-1-4-8-14(11)28-15/h1-10H/i1D,2D,3D,4D,5D,8D,10D. The maximum atomic E-state index is 15.8. The van der Waals surface area contributed by atoms with Crippen molar-refractivity contribution in [2.24, 2.45) is 0 Å². The number of fused-ring (bicyclic) bond motifs is 3. The molecular weight excluding hydrogens is 484 g/mol. The van der Waals surface area contributed by atoms with Gasteiger partial charge >= 0.3 is 176 Å². The van der Waals surface area contributed by atoms with Gasteiger partial charge in [-0.15, -0.1) is 0 Å². The van der Waals surface area contributed by atoms with Gasteiger partial charge in [-0.2, -0.15) is 0 Å². The van der Waals surface area contributed by atoms with Crippen LogP contribution in [-0.2, 0) is 6.18 Å². The summed E-state index contributed by atoms with van der Waals surface area (Å²) >= 11 is -1.65. The minimum absolute atomic E-state index is 0.163. The van der Waals surface area contributed by atoms with Gasteiger partial charge in [-0.3, -0.25) is 0 Å². The summed E-state index contributed by atoms with van der Waals surface area (Å²) in [6.45, 7) is 0. The van der Waals surface area contributed by atoms with E-state index in [0.29, 0.717) is 3.40 Å². The van der Waals surface area contributed by atoms with Crippen molar-refractivity contribution in [1.29, 1.82) is 0 Å². The second-order valence-corrected chi connectivity index (χ2v) is 8.84. The average Bonchev–Trinajstić information content (AvgIpc) is 3.22. The summed E-state index contributed by atoms with van der Waals surface area (Å²) in [7, 11) is 0. The van der Waals surface area contributed by atoms with Crippen molar-refractivity contribution in [3.63, 3.8) is 0 Å². The Kier molecular flexibility index (Phi) is 2.57. The van der Waals surface area contributed by atoms with E-state index >= 15 is 4.39 Å². The monoisotopic (exact) mass is 503 g/mol. The van der Waals surface area contributed by atoms with Crippen LogP contribution in [0.5, 0.6) is 0 Å². The molecule has 2 heterocycles. The van der Waals surface area contributed by atoms with Crippen molar-refractivity contribution in [2.75, 3.05) is 0 Å².